The fraction of sp³-hybridized carbons (Fsp3) is 0.217. The van der Waals surface area contributed by atoms with E-state index in [1.54, 1.807) is 34.1 Å². The van der Waals surface area contributed by atoms with Gasteiger partial charge in [-0.05, 0) is 50.2 Å². The molecule has 0 bridgehead atoms. The summed E-state index contributed by atoms with van der Waals surface area (Å²) in [5.74, 6) is 2.76. The van der Waals surface area contributed by atoms with Crippen LogP contribution in [0.3, 0.4) is 0 Å². The van der Waals surface area contributed by atoms with Crippen LogP contribution in [0.15, 0.2) is 64.3 Å². The van der Waals surface area contributed by atoms with Gasteiger partial charge in [0.2, 0.25) is 5.91 Å². The highest BCUT2D eigenvalue weighted by Gasteiger charge is 2.24. The second-order valence-corrected chi connectivity index (χ2v) is 8.42. The molecule has 0 fully saturated rings. The Morgan fingerprint density at radius 2 is 1.85 bits per heavy atom. The molecule has 2 aromatic carbocycles. The summed E-state index contributed by atoms with van der Waals surface area (Å²) in [6.45, 7) is 3.56. The van der Waals surface area contributed by atoms with Crippen LogP contribution in [0, 0.1) is 6.92 Å². The Bertz CT molecular complexity index is 1250. The number of nitrogens with one attached hydrogen (secondary N) is 1. The maximum absolute atomic E-state index is 12.7. The fourth-order valence-electron chi connectivity index (χ4n) is 3.18. The molecule has 1 N–H and O–H groups in total. The number of aryl methyl sites for hydroxylation is 1. The van der Waals surface area contributed by atoms with Crippen LogP contribution in [0.25, 0.3) is 17.1 Å². The molecule has 0 aliphatic rings. The molecule has 0 saturated heterocycles. The van der Waals surface area contributed by atoms with Gasteiger partial charge in [0.15, 0.2) is 16.8 Å². The SMILES string of the molecule is COc1ccc(-n2c(SC(C)C(=O)Nc3cc(C)on3)nnc2-c2ccccc2OC)cc1. The molecule has 2 aromatic heterocycles. The lowest BCUT2D eigenvalue weighted by Gasteiger charge is -2.14. The highest BCUT2D eigenvalue weighted by Crippen LogP contribution is 2.34. The Balaban J connectivity index is 1.70. The van der Waals surface area contributed by atoms with Gasteiger partial charge in [0.25, 0.3) is 0 Å². The Kier molecular flexibility index (Phi) is 6.64. The van der Waals surface area contributed by atoms with Crippen molar-refractivity contribution in [1.82, 2.24) is 19.9 Å². The number of thioether (sulfide) groups is 1. The molecule has 0 spiro atoms. The number of amides is 1. The van der Waals surface area contributed by atoms with Crippen molar-refractivity contribution in [3.8, 4) is 28.6 Å². The van der Waals surface area contributed by atoms with Gasteiger partial charge < -0.3 is 19.3 Å². The molecule has 2 heterocycles. The minimum Gasteiger partial charge on any atom is -0.497 e. The number of hydrogen-bond acceptors (Lipinski definition) is 8. The first kappa shape index (κ1) is 22.4. The minimum atomic E-state index is -0.478. The number of hydrogen-bond donors (Lipinski definition) is 1. The minimum absolute atomic E-state index is 0.226. The summed E-state index contributed by atoms with van der Waals surface area (Å²) < 4.78 is 17.7. The van der Waals surface area contributed by atoms with E-state index in [1.165, 1.54) is 11.8 Å². The molecular weight excluding hydrogens is 442 g/mol. The van der Waals surface area contributed by atoms with Crippen molar-refractivity contribution in [3.63, 3.8) is 0 Å². The lowest BCUT2D eigenvalue weighted by atomic mass is 10.2. The third kappa shape index (κ3) is 4.85. The largest absolute Gasteiger partial charge is 0.497 e. The number of carbonyl (C=O) groups excluding carboxylic acids is 1. The van der Waals surface area contributed by atoms with Crippen molar-refractivity contribution in [2.45, 2.75) is 24.3 Å². The molecule has 1 unspecified atom stereocenters. The Hall–Kier alpha value is -3.79. The highest BCUT2D eigenvalue weighted by molar-refractivity contribution is 8.00. The highest BCUT2D eigenvalue weighted by atomic mass is 32.2. The van der Waals surface area contributed by atoms with Gasteiger partial charge in [0.1, 0.15) is 17.3 Å². The number of methoxy groups -OCH3 is 2. The quantitative estimate of drug-likeness (QED) is 0.383. The van der Waals surface area contributed by atoms with Crippen LogP contribution in [0.1, 0.15) is 12.7 Å². The van der Waals surface area contributed by atoms with Crippen LogP contribution >= 0.6 is 11.8 Å². The third-order valence-electron chi connectivity index (χ3n) is 4.84. The van der Waals surface area contributed by atoms with Gasteiger partial charge in [-0.1, -0.05) is 29.1 Å². The second-order valence-electron chi connectivity index (χ2n) is 7.11. The molecule has 10 heteroatoms. The molecule has 33 heavy (non-hydrogen) atoms. The summed E-state index contributed by atoms with van der Waals surface area (Å²) >= 11 is 1.28. The van der Waals surface area contributed by atoms with Gasteiger partial charge in [0.05, 0.1) is 30.7 Å². The van der Waals surface area contributed by atoms with Crippen molar-refractivity contribution >= 4 is 23.5 Å². The predicted octanol–water partition coefficient (Wildman–Crippen LogP) is 4.37. The standard InChI is InChI=1S/C23H23N5O4S/c1-14-13-20(27-32-14)24-22(29)15(2)33-23-26-25-21(18-7-5-6-8-19(18)31-4)28(23)16-9-11-17(30-3)12-10-16/h5-13,15H,1-4H3,(H,24,27,29). The lowest BCUT2D eigenvalue weighted by Crippen LogP contribution is -2.23. The van der Waals surface area contributed by atoms with Gasteiger partial charge in [0, 0.05) is 6.07 Å². The summed E-state index contributed by atoms with van der Waals surface area (Å²) in [6, 6.07) is 16.8. The molecule has 0 saturated carbocycles. The number of nitrogens with zero attached hydrogens (tertiary/aromatic N) is 4. The van der Waals surface area contributed by atoms with E-state index in [-0.39, 0.29) is 5.91 Å². The van der Waals surface area contributed by atoms with Crippen LogP contribution in [-0.4, -0.2) is 45.3 Å². The topological polar surface area (TPSA) is 104 Å². The van der Waals surface area contributed by atoms with E-state index < -0.39 is 5.25 Å². The van der Waals surface area contributed by atoms with Crippen molar-refractivity contribution < 1.29 is 18.8 Å². The lowest BCUT2D eigenvalue weighted by molar-refractivity contribution is -0.115. The van der Waals surface area contributed by atoms with Crippen molar-refractivity contribution in [2.24, 2.45) is 0 Å². The first-order chi connectivity index (χ1) is 16.0. The summed E-state index contributed by atoms with van der Waals surface area (Å²) in [5, 5.41) is 15.5. The Morgan fingerprint density at radius 1 is 1.09 bits per heavy atom. The van der Waals surface area contributed by atoms with Crippen LogP contribution < -0.4 is 14.8 Å². The van der Waals surface area contributed by atoms with Gasteiger partial charge in [-0.2, -0.15) is 0 Å². The van der Waals surface area contributed by atoms with E-state index in [4.69, 9.17) is 14.0 Å². The maximum atomic E-state index is 12.7. The van der Waals surface area contributed by atoms with Crippen LogP contribution in [0.4, 0.5) is 5.82 Å². The summed E-state index contributed by atoms with van der Waals surface area (Å²) in [6.07, 6.45) is 0. The molecule has 1 atom stereocenters. The van der Waals surface area contributed by atoms with E-state index in [0.29, 0.717) is 28.3 Å². The number of carbonyl (C=O) groups is 1. The van der Waals surface area contributed by atoms with Crippen LogP contribution in [-0.2, 0) is 4.79 Å². The number of para-hydroxylation sites is 1. The number of anilines is 1. The predicted molar refractivity (Wildman–Crippen MR) is 125 cm³/mol. The van der Waals surface area contributed by atoms with Crippen LogP contribution in [0.5, 0.6) is 11.5 Å². The number of rotatable bonds is 8. The zero-order valence-electron chi connectivity index (χ0n) is 18.6. The second kappa shape index (κ2) is 9.78. The number of ether oxygens (including phenoxy) is 2. The van der Waals surface area contributed by atoms with E-state index in [2.05, 4.69) is 20.7 Å². The third-order valence-corrected chi connectivity index (χ3v) is 5.89. The van der Waals surface area contributed by atoms with Crippen molar-refractivity contribution in [3.05, 3.63) is 60.4 Å². The van der Waals surface area contributed by atoms with E-state index in [9.17, 15) is 4.79 Å². The Labute approximate surface area is 195 Å². The number of aromatic nitrogens is 4. The summed E-state index contributed by atoms with van der Waals surface area (Å²) in [4.78, 5) is 12.7. The molecule has 4 aromatic rings. The molecule has 170 valence electrons. The van der Waals surface area contributed by atoms with E-state index in [1.807, 2.05) is 53.1 Å². The van der Waals surface area contributed by atoms with Gasteiger partial charge in [-0.3, -0.25) is 9.36 Å². The molecule has 9 nitrogen and oxygen atoms in total. The first-order valence-corrected chi connectivity index (χ1v) is 11.0. The fourth-order valence-corrected chi connectivity index (χ4v) is 4.05. The maximum Gasteiger partial charge on any atom is 0.238 e. The average molecular weight is 466 g/mol. The van der Waals surface area contributed by atoms with Crippen molar-refractivity contribution in [1.29, 1.82) is 0 Å². The Morgan fingerprint density at radius 3 is 2.52 bits per heavy atom. The van der Waals surface area contributed by atoms with Crippen molar-refractivity contribution in [2.75, 3.05) is 19.5 Å². The van der Waals surface area contributed by atoms with E-state index >= 15 is 0 Å². The smallest absolute Gasteiger partial charge is 0.238 e. The monoisotopic (exact) mass is 465 g/mol. The van der Waals surface area contributed by atoms with E-state index in [0.717, 1.165) is 17.0 Å². The zero-order chi connectivity index (χ0) is 23.4. The molecule has 1 amide bonds. The zero-order valence-corrected chi connectivity index (χ0v) is 19.4. The molecule has 0 aliphatic heterocycles. The normalized spacial score (nSPS) is 11.8. The first-order valence-electron chi connectivity index (χ1n) is 10.1. The number of benzene rings is 2. The van der Waals surface area contributed by atoms with Gasteiger partial charge in [-0.15, -0.1) is 10.2 Å². The molecular formula is C23H23N5O4S. The van der Waals surface area contributed by atoms with Gasteiger partial charge >= 0.3 is 0 Å². The summed E-state index contributed by atoms with van der Waals surface area (Å²) in [7, 11) is 3.23. The molecule has 4 rings (SSSR count). The summed E-state index contributed by atoms with van der Waals surface area (Å²) in [5.41, 5.74) is 1.61. The molecule has 0 radical (unpaired) electrons. The average Bonchev–Trinajstić information content (AvgIpc) is 3.44. The van der Waals surface area contributed by atoms with Crippen LogP contribution in [0.2, 0.25) is 0 Å². The molecule has 0 aliphatic carbocycles. The van der Waals surface area contributed by atoms with Gasteiger partial charge in [-0.25, -0.2) is 0 Å².